The Morgan fingerprint density at radius 3 is 2.90 bits per heavy atom. The molecule has 112 valence electrons. The molecule has 1 amide bonds. The van der Waals surface area contributed by atoms with E-state index in [2.05, 4.69) is 15.4 Å². The van der Waals surface area contributed by atoms with E-state index in [1.54, 1.807) is 13.0 Å². The molecule has 1 aromatic rings. The van der Waals surface area contributed by atoms with E-state index < -0.39 is 0 Å². The SMILES string of the molecule is Cc1cc(NC(=O)CCN2CCC(CCN)CC2)no1. The third-order valence-corrected chi connectivity index (χ3v) is 3.83. The number of nitrogens with two attached hydrogens (primary N) is 1. The van der Waals surface area contributed by atoms with Crippen molar-refractivity contribution in [2.24, 2.45) is 11.7 Å². The van der Waals surface area contributed by atoms with Crippen molar-refractivity contribution < 1.29 is 9.32 Å². The lowest BCUT2D eigenvalue weighted by Gasteiger charge is -2.31. The molecule has 0 spiro atoms. The van der Waals surface area contributed by atoms with Crippen molar-refractivity contribution in [1.29, 1.82) is 0 Å². The number of hydrogen-bond donors (Lipinski definition) is 2. The van der Waals surface area contributed by atoms with Gasteiger partial charge in [-0.25, -0.2) is 0 Å². The van der Waals surface area contributed by atoms with Gasteiger partial charge in [-0.1, -0.05) is 5.16 Å². The second kappa shape index (κ2) is 7.40. The van der Waals surface area contributed by atoms with Gasteiger partial charge in [-0.2, -0.15) is 0 Å². The molecular weight excluding hydrogens is 256 g/mol. The quantitative estimate of drug-likeness (QED) is 0.822. The molecule has 0 aromatic carbocycles. The smallest absolute Gasteiger partial charge is 0.226 e. The first kappa shape index (κ1) is 15.0. The average Bonchev–Trinajstić information content (AvgIpc) is 2.84. The van der Waals surface area contributed by atoms with E-state index in [-0.39, 0.29) is 5.91 Å². The van der Waals surface area contributed by atoms with Crippen molar-refractivity contribution >= 4 is 11.7 Å². The lowest BCUT2D eigenvalue weighted by Crippen LogP contribution is -2.36. The molecule has 2 rings (SSSR count). The molecular formula is C14H24N4O2. The van der Waals surface area contributed by atoms with Crippen molar-refractivity contribution in [1.82, 2.24) is 10.1 Å². The van der Waals surface area contributed by atoms with Crippen molar-refractivity contribution in [2.75, 3.05) is 31.5 Å². The van der Waals surface area contributed by atoms with Gasteiger partial charge >= 0.3 is 0 Å². The van der Waals surface area contributed by atoms with E-state index in [1.807, 2.05) is 0 Å². The van der Waals surface area contributed by atoms with E-state index in [0.717, 1.165) is 38.5 Å². The summed E-state index contributed by atoms with van der Waals surface area (Å²) in [5, 5.41) is 6.49. The van der Waals surface area contributed by atoms with Crippen LogP contribution >= 0.6 is 0 Å². The first-order valence-corrected chi connectivity index (χ1v) is 7.33. The topological polar surface area (TPSA) is 84.4 Å². The van der Waals surface area contributed by atoms with E-state index in [0.29, 0.717) is 18.0 Å². The van der Waals surface area contributed by atoms with Crippen LogP contribution < -0.4 is 11.1 Å². The van der Waals surface area contributed by atoms with Gasteiger partial charge in [0.25, 0.3) is 0 Å². The minimum Gasteiger partial charge on any atom is -0.360 e. The first-order valence-electron chi connectivity index (χ1n) is 7.33. The summed E-state index contributed by atoms with van der Waals surface area (Å²) in [5.41, 5.74) is 5.59. The van der Waals surface area contributed by atoms with Gasteiger partial charge in [-0.05, 0) is 51.7 Å². The van der Waals surface area contributed by atoms with Crippen LogP contribution in [0.3, 0.4) is 0 Å². The van der Waals surface area contributed by atoms with Crippen molar-refractivity contribution in [3.8, 4) is 0 Å². The van der Waals surface area contributed by atoms with Crippen LogP contribution in [0, 0.1) is 12.8 Å². The van der Waals surface area contributed by atoms with Gasteiger partial charge in [0.1, 0.15) is 5.76 Å². The molecule has 0 aliphatic carbocycles. The highest BCUT2D eigenvalue weighted by Crippen LogP contribution is 2.19. The van der Waals surface area contributed by atoms with E-state index in [9.17, 15) is 4.79 Å². The Hall–Kier alpha value is -1.40. The third kappa shape index (κ3) is 4.61. The molecule has 6 nitrogen and oxygen atoms in total. The number of hydrogen-bond acceptors (Lipinski definition) is 5. The molecule has 1 fully saturated rings. The summed E-state index contributed by atoms with van der Waals surface area (Å²) in [6.07, 6.45) is 4.01. The molecule has 1 saturated heterocycles. The van der Waals surface area contributed by atoms with Crippen LogP contribution in [0.25, 0.3) is 0 Å². The zero-order chi connectivity index (χ0) is 14.4. The molecule has 1 aliphatic heterocycles. The standard InChI is InChI=1S/C14H24N4O2/c1-11-10-13(17-20-11)16-14(19)5-9-18-7-3-12(2-6-15)4-8-18/h10,12H,2-9,15H2,1H3,(H,16,17,19). The van der Waals surface area contributed by atoms with Gasteiger partial charge in [0.05, 0.1) is 0 Å². The van der Waals surface area contributed by atoms with Gasteiger partial charge in [-0.15, -0.1) is 0 Å². The van der Waals surface area contributed by atoms with E-state index in [4.69, 9.17) is 10.3 Å². The van der Waals surface area contributed by atoms with Crippen molar-refractivity contribution in [3.63, 3.8) is 0 Å². The summed E-state index contributed by atoms with van der Waals surface area (Å²) >= 11 is 0. The van der Waals surface area contributed by atoms with Crippen molar-refractivity contribution in [2.45, 2.75) is 32.6 Å². The Labute approximate surface area is 119 Å². The molecule has 0 radical (unpaired) electrons. The predicted octanol–water partition coefficient (Wildman–Crippen LogP) is 1.37. The minimum absolute atomic E-state index is 0.0117. The normalized spacial score (nSPS) is 17.3. The number of aromatic nitrogens is 1. The van der Waals surface area contributed by atoms with Gasteiger partial charge in [0.15, 0.2) is 5.82 Å². The van der Waals surface area contributed by atoms with Gasteiger partial charge in [0.2, 0.25) is 5.91 Å². The molecule has 0 bridgehead atoms. The number of piperidine rings is 1. The zero-order valence-electron chi connectivity index (χ0n) is 12.1. The highest BCUT2D eigenvalue weighted by Gasteiger charge is 2.19. The highest BCUT2D eigenvalue weighted by atomic mass is 16.5. The maximum absolute atomic E-state index is 11.8. The van der Waals surface area contributed by atoms with Crippen molar-refractivity contribution in [3.05, 3.63) is 11.8 Å². The van der Waals surface area contributed by atoms with Crippen LogP contribution in [0.15, 0.2) is 10.6 Å². The summed E-state index contributed by atoms with van der Waals surface area (Å²) in [5.74, 6) is 1.95. The Morgan fingerprint density at radius 1 is 1.55 bits per heavy atom. The van der Waals surface area contributed by atoms with Gasteiger partial charge in [-0.3, -0.25) is 4.79 Å². The largest absolute Gasteiger partial charge is 0.360 e. The molecule has 0 atom stereocenters. The maximum Gasteiger partial charge on any atom is 0.226 e. The maximum atomic E-state index is 11.8. The second-order valence-corrected chi connectivity index (χ2v) is 5.48. The molecule has 6 heteroatoms. The summed E-state index contributed by atoms with van der Waals surface area (Å²) in [7, 11) is 0. The molecule has 1 aromatic heterocycles. The number of carbonyl (C=O) groups excluding carboxylic acids is 1. The average molecular weight is 280 g/mol. The van der Waals surface area contributed by atoms with Gasteiger partial charge in [0, 0.05) is 19.0 Å². The summed E-state index contributed by atoms with van der Waals surface area (Å²) in [6.45, 7) is 5.53. The number of aryl methyl sites for hydroxylation is 1. The molecule has 0 unspecified atom stereocenters. The molecule has 1 aliphatic rings. The Morgan fingerprint density at radius 2 is 2.30 bits per heavy atom. The third-order valence-electron chi connectivity index (χ3n) is 3.83. The number of likely N-dealkylation sites (tertiary alicyclic amines) is 1. The molecule has 20 heavy (non-hydrogen) atoms. The number of carbonyl (C=O) groups is 1. The van der Waals surface area contributed by atoms with Crippen LogP contribution in [0.5, 0.6) is 0 Å². The Kier molecular flexibility index (Phi) is 5.55. The van der Waals surface area contributed by atoms with E-state index >= 15 is 0 Å². The second-order valence-electron chi connectivity index (χ2n) is 5.48. The predicted molar refractivity (Wildman–Crippen MR) is 77.3 cm³/mol. The summed E-state index contributed by atoms with van der Waals surface area (Å²) in [4.78, 5) is 14.1. The first-order chi connectivity index (χ1) is 9.67. The zero-order valence-corrected chi connectivity index (χ0v) is 12.1. The fraction of sp³-hybridized carbons (Fsp3) is 0.714. The lowest BCUT2D eigenvalue weighted by molar-refractivity contribution is -0.116. The number of anilines is 1. The van der Waals surface area contributed by atoms with E-state index in [1.165, 1.54) is 12.8 Å². The minimum atomic E-state index is -0.0117. The van der Waals surface area contributed by atoms with Crippen LogP contribution in [0.4, 0.5) is 5.82 Å². The highest BCUT2D eigenvalue weighted by molar-refractivity contribution is 5.89. The number of nitrogens with one attached hydrogen (secondary N) is 1. The lowest BCUT2D eigenvalue weighted by atomic mass is 9.93. The molecule has 0 saturated carbocycles. The van der Waals surface area contributed by atoms with Crippen LogP contribution in [0.1, 0.15) is 31.4 Å². The Balaban J connectivity index is 1.64. The monoisotopic (exact) mass is 280 g/mol. The summed E-state index contributed by atoms with van der Waals surface area (Å²) in [6, 6.07) is 1.72. The van der Waals surface area contributed by atoms with Crippen LogP contribution in [0.2, 0.25) is 0 Å². The molecule has 2 heterocycles. The number of amides is 1. The summed E-state index contributed by atoms with van der Waals surface area (Å²) < 4.78 is 4.91. The molecule has 3 N–H and O–H groups in total. The van der Waals surface area contributed by atoms with Crippen LogP contribution in [-0.4, -0.2) is 42.1 Å². The van der Waals surface area contributed by atoms with Crippen LogP contribution in [-0.2, 0) is 4.79 Å². The fourth-order valence-electron chi connectivity index (χ4n) is 2.62. The Bertz CT molecular complexity index is 425. The van der Waals surface area contributed by atoms with Gasteiger partial charge < -0.3 is 20.5 Å². The number of nitrogens with zero attached hydrogens (tertiary/aromatic N) is 2. The number of rotatable bonds is 6. The fourth-order valence-corrected chi connectivity index (χ4v) is 2.62.